The van der Waals surface area contributed by atoms with E-state index in [4.69, 9.17) is 10.5 Å². The standard InChI is InChI=1S/C13H8F3N5O/c14-13(15,16)12-20-9-8(6-2-1-3-19-5-6)7(4-17)10(18)22-11(9)21-12/h1-3,5,8H,18H2,(H,20,21)/t8-/m0/s1. The number of imidazole rings is 1. The highest BCUT2D eigenvalue weighted by molar-refractivity contribution is 5.51. The molecule has 0 saturated heterocycles. The molecular weight excluding hydrogens is 299 g/mol. The highest BCUT2D eigenvalue weighted by Gasteiger charge is 2.40. The second-order valence-electron chi connectivity index (χ2n) is 4.51. The van der Waals surface area contributed by atoms with Gasteiger partial charge in [0.05, 0.1) is 11.6 Å². The second kappa shape index (κ2) is 4.77. The molecule has 0 aliphatic carbocycles. The van der Waals surface area contributed by atoms with Crippen molar-refractivity contribution in [2.45, 2.75) is 12.1 Å². The first kappa shape index (κ1) is 13.9. The molecule has 1 atom stereocenters. The van der Waals surface area contributed by atoms with Crippen LogP contribution in [0.4, 0.5) is 13.2 Å². The topological polar surface area (TPSA) is 101 Å². The highest BCUT2D eigenvalue weighted by atomic mass is 19.4. The predicted octanol–water partition coefficient (Wildman–Crippen LogP) is 2.04. The highest BCUT2D eigenvalue weighted by Crippen LogP contribution is 2.42. The molecule has 0 bridgehead atoms. The maximum Gasteiger partial charge on any atom is 0.449 e. The molecule has 0 amide bonds. The lowest BCUT2D eigenvalue weighted by molar-refractivity contribution is -0.144. The van der Waals surface area contributed by atoms with Crippen LogP contribution in [0, 0.1) is 11.3 Å². The number of ether oxygens (including phenoxy) is 1. The van der Waals surface area contributed by atoms with Gasteiger partial charge < -0.3 is 15.5 Å². The molecule has 3 rings (SSSR count). The number of hydrogen-bond acceptors (Lipinski definition) is 5. The van der Waals surface area contributed by atoms with Gasteiger partial charge in [-0.1, -0.05) is 6.07 Å². The number of fused-ring (bicyclic) bond motifs is 1. The molecule has 9 heteroatoms. The van der Waals surface area contributed by atoms with E-state index in [1.54, 1.807) is 12.1 Å². The van der Waals surface area contributed by atoms with Gasteiger partial charge in [0.15, 0.2) is 0 Å². The van der Waals surface area contributed by atoms with Gasteiger partial charge in [-0.25, -0.2) is 0 Å². The van der Waals surface area contributed by atoms with E-state index in [9.17, 15) is 18.4 Å². The Morgan fingerprint density at radius 2 is 2.18 bits per heavy atom. The maximum atomic E-state index is 12.8. The number of nitriles is 1. The van der Waals surface area contributed by atoms with Crippen molar-refractivity contribution in [2.75, 3.05) is 0 Å². The summed E-state index contributed by atoms with van der Waals surface area (Å²) in [6.07, 6.45) is -1.71. The van der Waals surface area contributed by atoms with Gasteiger partial charge in [0.1, 0.15) is 11.6 Å². The Balaban J connectivity index is 2.19. The molecule has 6 nitrogen and oxygen atoms in total. The van der Waals surface area contributed by atoms with E-state index < -0.39 is 17.9 Å². The molecule has 0 unspecified atom stereocenters. The first-order valence-corrected chi connectivity index (χ1v) is 6.06. The van der Waals surface area contributed by atoms with Gasteiger partial charge in [-0.15, -0.1) is 0 Å². The zero-order valence-corrected chi connectivity index (χ0v) is 10.8. The minimum Gasteiger partial charge on any atom is -0.420 e. The number of aromatic nitrogens is 3. The van der Waals surface area contributed by atoms with Crippen molar-refractivity contribution in [1.82, 2.24) is 15.0 Å². The normalized spacial score (nSPS) is 17.6. The Hall–Kier alpha value is -3.02. The van der Waals surface area contributed by atoms with Crippen LogP contribution in [0.5, 0.6) is 5.88 Å². The molecule has 3 heterocycles. The van der Waals surface area contributed by atoms with Crippen LogP contribution in [0.3, 0.4) is 0 Å². The van der Waals surface area contributed by atoms with Gasteiger partial charge >= 0.3 is 6.18 Å². The van der Waals surface area contributed by atoms with Crippen molar-refractivity contribution in [3.8, 4) is 11.9 Å². The molecule has 2 aromatic heterocycles. The lowest BCUT2D eigenvalue weighted by Crippen LogP contribution is -2.21. The smallest absolute Gasteiger partial charge is 0.420 e. The third kappa shape index (κ3) is 2.14. The van der Waals surface area contributed by atoms with E-state index in [0.717, 1.165) is 0 Å². The Bertz CT molecular complexity index is 788. The van der Waals surface area contributed by atoms with Crippen molar-refractivity contribution in [3.63, 3.8) is 0 Å². The van der Waals surface area contributed by atoms with E-state index in [1.165, 1.54) is 12.4 Å². The van der Waals surface area contributed by atoms with E-state index in [1.807, 2.05) is 6.07 Å². The van der Waals surface area contributed by atoms with Crippen molar-refractivity contribution in [1.29, 1.82) is 5.26 Å². The fourth-order valence-electron chi connectivity index (χ4n) is 2.22. The van der Waals surface area contributed by atoms with Gasteiger partial charge in [-0.3, -0.25) is 4.98 Å². The molecule has 0 fully saturated rings. The molecule has 22 heavy (non-hydrogen) atoms. The van der Waals surface area contributed by atoms with Crippen LogP contribution in [0.15, 0.2) is 36.0 Å². The van der Waals surface area contributed by atoms with E-state index in [2.05, 4.69) is 15.0 Å². The third-order valence-corrected chi connectivity index (χ3v) is 3.15. The van der Waals surface area contributed by atoms with E-state index in [0.29, 0.717) is 5.56 Å². The molecule has 0 radical (unpaired) electrons. The molecule has 0 aromatic carbocycles. The molecule has 0 saturated carbocycles. The SMILES string of the molecule is N#CC1=C(N)Oc2nc(C(F)(F)F)[nH]c2[C@H]1c1cccnc1. The maximum absolute atomic E-state index is 12.8. The quantitative estimate of drug-likeness (QED) is 0.839. The van der Waals surface area contributed by atoms with Crippen molar-refractivity contribution >= 4 is 0 Å². The Labute approximate surface area is 122 Å². The van der Waals surface area contributed by atoms with Gasteiger partial charge in [-0.2, -0.15) is 23.4 Å². The third-order valence-electron chi connectivity index (χ3n) is 3.15. The fraction of sp³-hybridized carbons (Fsp3) is 0.154. The Morgan fingerprint density at radius 1 is 1.41 bits per heavy atom. The number of hydrogen-bond donors (Lipinski definition) is 2. The molecule has 112 valence electrons. The van der Waals surface area contributed by atoms with E-state index in [-0.39, 0.29) is 23.0 Å². The lowest BCUT2D eigenvalue weighted by atomic mass is 9.89. The average molecular weight is 307 g/mol. The molecule has 2 aromatic rings. The summed E-state index contributed by atoms with van der Waals surface area (Å²) in [4.78, 5) is 9.46. The summed E-state index contributed by atoms with van der Waals surface area (Å²) in [5.41, 5.74) is 6.15. The zero-order valence-electron chi connectivity index (χ0n) is 10.8. The minimum atomic E-state index is -4.66. The van der Waals surface area contributed by atoms with Crippen molar-refractivity contribution in [2.24, 2.45) is 5.73 Å². The monoisotopic (exact) mass is 307 g/mol. The van der Waals surface area contributed by atoms with Gasteiger partial charge in [0.2, 0.25) is 17.6 Å². The Morgan fingerprint density at radius 3 is 2.77 bits per heavy atom. The average Bonchev–Trinajstić information content (AvgIpc) is 2.90. The number of allylic oxidation sites excluding steroid dienone is 1. The number of nitrogens with zero attached hydrogens (tertiary/aromatic N) is 3. The summed E-state index contributed by atoms with van der Waals surface area (Å²) in [6.45, 7) is 0. The van der Waals surface area contributed by atoms with Crippen LogP contribution in [-0.4, -0.2) is 15.0 Å². The second-order valence-corrected chi connectivity index (χ2v) is 4.51. The number of rotatable bonds is 1. The summed E-state index contributed by atoms with van der Waals surface area (Å²) in [7, 11) is 0. The lowest BCUT2D eigenvalue weighted by Gasteiger charge is -2.22. The van der Waals surface area contributed by atoms with Crippen LogP contribution in [0.1, 0.15) is 23.0 Å². The van der Waals surface area contributed by atoms with Crippen LogP contribution in [0.2, 0.25) is 0 Å². The number of pyridine rings is 1. The van der Waals surface area contributed by atoms with Gasteiger partial charge in [-0.05, 0) is 11.6 Å². The summed E-state index contributed by atoms with van der Waals surface area (Å²) in [5.74, 6) is -2.62. The van der Waals surface area contributed by atoms with Crippen LogP contribution in [-0.2, 0) is 6.18 Å². The number of nitrogens with two attached hydrogens (primary N) is 1. The van der Waals surface area contributed by atoms with Crippen LogP contribution >= 0.6 is 0 Å². The first-order chi connectivity index (χ1) is 10.4. The minimum absolute atomic E-state index is 0.00197. The number of H-pyrrole nitrogens is 1. The summed E-state index contributed by atoms with van der Waals surface area (Å²) in [6, 6.07) is 5.10. The van der Waals surface area contributed by atoms with Gasteiger partial charge in [0.25, 0.3) is 0 Å². The summed E-state index contributed by atoms with van der Waals surface area (Å²) < 4.78 is 43.5. The molecular formula is C13H8F3N5O. The number of halogens is 3. The van der Waals surface area contributed by atoms with Crippen molar-refractivity contribution < 1.29 is 17.9 Å². The molecule has 0 spiro atoms. The zero-order chi connectivity index (χ0) is 15.9. The van der Waals surface area contributed by atoms with Crippen LogP contribution in [0.25, 0.3) is 0 Å². The molecule has 1 aliphatic heterocycles. The largest absolute Gasteiger partial charge is 0.449 e. The Kier molecular flexibility index (Phi) is 3.02. The number of aromatic amines is 1. The summed E-state index contributed by atoms with van der Waals surface area (Å²) >= 11 is 0. The molecule has 1 aliphatic rings. The van der Waals surface area contributed by atoms with Crippen LogP contribution < -0.4 is 10.5 Å². The first-order valence-electron chi connectivity index (χ1n) is 6.06. The predicted molar refractivity (Wildman–Crippen MR) is 67.1 cm³/mol. The number of alkyl halides is 3. The van der Waals surface area contributed by atoms with E-state index >= 15 is 0 Å². The fourth-order valence-corrected chi connectivity index (χ4v) is 2.22. The van der Waals surface area contributed by atoms with Gasteiger partial charge in [0, 0.05) is 12.4 Å². The molecule has 3 N–H and O–H groups in total. The summed E-state index contributed by atoms with van der Waals surface area (Å²) in [5, 5.41) is 9.24. The van der Waals surface area contributed by atoms with Crippen molar-refractivity contribution in [3.05, 3.63) is 53.1 Å². The number of nitrogens with one attached hydrogen (secondary N) is 1.